The summed E-state index contributed by atoms with van der Waals surface area (Å²) in [6.07, 6.45) is 9.74. The van der Waals surface area contributed by atoms with E-state index in [-0.39, 0.29) is 5.41 Å². The van der Waals surface area contributed by atoms with Gasteiger partial charge in [-0.05, 0) is 54.7 Å². The van der Waals surface area contributed by atoms with Crippen molar-refractivity contribution in [3.8, 4) is 0 Å². The number of carbonyl (C=O) groups is 1. The van der Waals surface area contributed by atoms with Gasteiger partial charge in [0.05, 0.1) is 5.41 Å². The molecule has 104 valence electrons. The minimum absolute atomic E-state index is 0.136. The normalized spacial score (nSPS) is 30.8. The smallest absolute Gasteiger partial charge is 0.144 e. The van der Waals surface area contributed by atoms with Crippen LogP contribution in [0.15, 0.2) is 29.8 Å². The third-order valence-electron chi connectivity index (χ3n) is 5.71. The van der Waals surface area contributed by atoms with E-state index in [2.05, 4.69) is 31.2 Å². The van der Waals surface area contributed by atoms with Crippen LogP contribution in [0.2, 0.25) is 0 Å². The van der Waals surface area contributed by atoms with E-state index in [1.54, 1.807) is 0 Å². The largest absolute Gasteiger partial charge is 0.299 e. The molecular formula is C19H22O. The Morgan fingerprint density at radius 2 is 2.20 bits per heavy atom. The average molecular weight is 266 g/mol. The predicted octanol–water partition coefficient (Wildman–Crippen LogP) is 4.13. The highest BCUT2D eigenvalue weighted by atomic mass is 16.1. The van der Waals surface area contributed by atoms with E-state index in [0.29, 0.717) is 11.7 Å². The Morgan fingerprint density at radius 3 is 2.90 bits per heavy atom. The highest BCUT2D eigenvalue weighted by Crippen LogP contribution is 2.57. The first-order valence-electron chi connectivity index (χ1n) is 8.07. The lowest BCUT2D eigenvalue weighted by atomic mass is 9.61. The van der Waals surface area contributed by atoms with Crippen LogP contribution in [0.1, 0.15) is 55.7 Å². The number of ketones is 1. The summed E-state index contributed by atoms with van der Waals surface area (Å²) in [5.74, 6) is 1.07. The van der Waals surface area contributed by atoms with Gasteiger partial charge in [-0.3, -0.25) is 4.79 Å². The van der Waals surface area contributed by atoms with Gasteiger partial charge < -0.3 is 0 Å². The summed E-state index contributed by atoms with van der Waals surface area (Å²) in [7, 11) is 0. The van der Waals surface area contributed by atoms with Crippen LogP contribution >= 0.6 is 0 Å². The second-order valence-electron chi connectivity index (χ2n) is 6.81. The van der Waals surface area contributed by atoms with Crippen LogP contribution in [0.4, 0.5) is 0 Å². The molecule has 0 radical (unpaired) electrons. The zero-order valence-electron chi connectivity index (χ0n) is 12.2. The van der Waals surface area contributed by atoms with Gasteiger partial charge in [0.1, 0.15) is 5.78 Å². The third-order valence-corrected chi connectivity index (χ3v) is 5.71. The first-order valence-corrected chi connectivity index (χ1v) is 8.07. The maximum Gasteiger partial charge on any atom is 0.144 e. The van der Waals surface area contributed by atoms with Crippen LogP contribution in [0.5, 0.6) is 0 Å². The molecule has 0 aliphatic heterocycles. The first kappa shape index (κ1) is 12.4. The zero-order chi connectivity index (χ0) is 13.7. The minimum atomic E-state index is -0.136. The summed E-state index contributed by atoms with van der Waals surface area (Å²) in [5, 5.41) is 0. The lowest BCUT2D eigenvalue weighted by molar-refractivity contribution is -0.126. The van der Waals surface area contributed by atoms with Gasteiger partial charge in [0.25, 0.3) is 0 Å². The second-order valence-corrected chi connectivity index (χ2v) is 6.81. The van der Waals surface area contributed by atoms with Crippen LogP contribution < -0.4 is 0 Å². The van der Waals surface area contributed by atoms with Gasteiger partial charge in [-0.1, -0.05) is 43.2 Å². The molecule has 2 unspecified atom stereocenters. The number of fused-ring (bicyclic) bond motifs is 5. The van der Waals surface area contributed by atoms with Crippen molar-refractivity contribution in [2.45, 2.75) is 57.3 Å². The summed E-state index contributed by atoms with van der Waals surface area (Å²) in [6, 6.07) is 6.94. The molecule has 4 rings (SSSR count). The molecule has 20 heavy (non-hydrogen) atoms. The number of rotatable bonds is 2. The molecule has 3 aliphatic rings. The minimum Gasteiger partial charge on any atom is -0.299 e. The highest BCUT2D eigenvalue weighted by molar-refractivity contribution is 5.94. The average Bonchev–Trinajstić information content (AvgIpc) is 3.05. The van der Waals surface area contributed by atoms with Crippen LogP contribution in [0, 0.1) is 5.92 Å². The van der Waals surface area contributed by atoms with Gasteiger partial charge in [0.2, 0.25) is 0 Å². The number of aryl methyl sites for hydroxylation is 2. The van der Waals surface area contributed by atoms with E-state index < -0.39 is 0 Å². The van der Waals surface area contributed by atoms with Crippen molar-refractivity contribution in [3.05, 3.63) is 46.5 Å². The molecule has 0 heterocycles. The predicted molar refractivity (Wildman–Crippen MR) is 80.9 cm³/mol. The van der Waals surface area contributed by atoms with Crippen molar-refractivity contribution in [2.24, 2.45) is 5.92 Å². The topological polar surface area (TPSA) is 17.1 Å². The van der Waals surface area contributed by atoms with Crippen molar-refractivity contribution >= 4 is 5.78 Å². The quantitative estimate of drug-likeness (QED) is 0.735. The molecule has 1 heteroatoms. The summed E-state index contributed by atoms with van der Waals surface area (Å²) in [5.41, 5.74) is 5.68. The molecule has 1 aromatic carbocycles. The Morgan fingerprint density at radius 1 is 1.30 bits per heavy atom. The van der Waals surface area contributed by atoms with Crippen LogP contribution in [0.25, 0.3) is 0 Å². The van der Waals surface area contributed by atoms with Crippen molar-refractivity contribution in [1.82, 2.24) is 0 Å². The van der Waals surface area contributed by atoms with Gasteiger partial charge in [-0.15, -0.1) is 0 Å². The fourth-order valence-corrected chi connectivity index (χ4v) is 4.81. The lowest BCUT2D eigenvalue weighted by Gasteiger charge is -2.40. The summed E-state index contributed by atoms with van der Waals surface area (Å²) in [4.78, 5) is 12.8. The molecule has 0 saturated heterocycles. The zero-order valence-corrected chi connectivity index (χ0v) is 12.2. The van der Waals surface area contributed by atoms with E-state index in [1.807, 2.05) is 0 Å². The molecule has 0 N–H and O–H groups in total. The molecule has 0 amide bonds. The van der Waals surface area contributed by atoms with Crippen molar-refractivity contribution in [2.75, 3.05) is 0 Å². The number of hydrogen-bond acceptors (Lipinski definition) is 1. The standard InChI is InChI=1S/C19H22O/c1-2-3-13-5-8-17-15(10-13)6-9-18(20)19(17)12-14-4-7-16(19)11-14/h4-5,8,10,16H,2-3,6-7,9,11-12H2,1H3. The molecule has 1 fully saturated rings. The molecule has 1 spiro atoms. The van der Waals surface area contributed by atoms with Gasteiger partial charge >= 0.3 is 0 Å². The Balaban J connectivity index is 1.83. The second kappa shape index (κ2) is 4.31. The SMILES string of the molecule is CCCc1ccc2c(c1)CCC(=O)C21CC2=CCC1C2. The molecular weight excluding hydrogens is 244 g/mol. The van der Waals surface area contributed by atoms with E-state index in [0.717, 1.165) is 32.1 Å². The van der Waals surface area contributed by atoms with E-state index in [1.165, 1.54) is 35.1 Å². The Labute approximate surface area is 121 Å². The number of carbonyl (C=O) groups excluding carboxylic acids is 1. The molecule has 2 bridgehead atoms. The highest BCUT2D eigenvalue weighted by Gasteiger charge is 2.54. The van der Waals surface area contributed by atoms with Crippen LogP contribution in [-0.4, -0.2) is 5.78 Å². The molecule has 0 aromatic heterocycles. The number of Topliss-reactive ketones (excluding diaryl/α,β-unsaturated/α-hetero) is 1. The number of hydrogen-bond donors (Lipinski definition) is 0. The van der Waals surface area contributed by atoms with Crippen molar-refractivity contribution in [3.63, 3.8) is 0 Å². The van der Waals surface area contributed by atoms with Gasteiger partial charge in [0.15, 0.2) is 0 Å². The van der Waals surface area contributed by atoms with E-state index in [4.69, 9.17) is 0 Å². The molecule has 1 nitrogen and oxygen atoms in total. The lowest BCUT2D eigenvalue weighted by Crippen LogP contribution is -2.43. The third kappa shape index (κ3) is 1.52. The first-order chi connectivity index (χ1) is 9.74. The van der Waals surface area contributed by atoms with Gasteiger partial charge in [-0.25, -0.2) is 0 Å². The van der Waals surface area contributed by atoms with Crippen LogP contribution in [-0.2, 0) is 23.1 Å². The maximum atomic E-state index is 12.8. The molecule has 2 atom stereocenters. The summed E-state index contributed by atoms with van der Waals surface area (Å²) in [6.45, 7) is 2.23. The number of benzene rings is 1. The Bertz CT molecular complexity index is 610. The fourth-order valence-electron chi connectivity index (χ4n) is 4.81. The summed E-state index contributed by atoms with van der Waals surface area (Å²) < 4.78 is 0. The Kier molecular flexibility index (Phi) is 2.67. The number of allylic oxidation sites excluding steroid dienone is 2. The maximum absolute atomic E-state index is 12.8. The molecule has 1 saturated carbocycles. The molecule has 1 aromatic rings. The summed E-state index contributed by atoms with van der Waals surface area (Å²) >= 11 is 0. The monoisotopic (exact) mass is 266 g/mol. The fraction of sp³-hybridized carbons (Fsp3) is 0.526. The van der Waals surface area contributed by atoms with Crippen LogP contribution in [0.3, 0.4) is 0 Å². The van der Waals surface area contributed by atoms with Crippen molar-refractivity contribution < 1.29 is 4.79 Å². The Hall–Kier alpha value is -1.37. The van der Waals surface area contributed by atoms with E-state index >= 15 is 0 Å². The van der Waals surface area contributed by atoms with Gasteiger partial charge in [-0.2, -0.15) is 0 Å². The van der Waals surface area contributed by atoms with Crippen molar-refractivity contribution in [1.29, 1.82) is 0 Å². The molecule has 3 aliphatic carbocycles. The van der Waals surface area contributed by atoms with E-state index in [9.17, 15) is 4.79 Å². The van der Waals surface area contributed by atoms with Gasteiger partial charge in [0, 0.05) is 6.42 Å².